The normalized spacial score (nSPS) is 29.5. The van der Waals surface area contributed by atoms with Gasteiger partial charge in [0.2, 0.25) is 0 Å². The highest BCUT2D eigenvalue weighted by Gasteiger charge is 2.55. The number of aliphatic hydroxyl groups is 1. The third-order valence-electron chi connectivity index (χ3n) is 5.10. The predicted molar refractivity (Wildman–Crippen MR) is 76.4 cm³/mol. The molecule has 1 saturated heterocycles. The van der Waals surface area contributed by atoms with E-state index in [0.29, 0.717) is 0 Å². The summed E-state index contributed by atoms with van der Waals surface area (Å²) in [6, 6.07) is 1.96. The molecule has 1 N–H and O–H groups in total. The lowest BCUT2D eigenvalue weighted by Crippen LogP contribution is -2.62. The Morgan fingerprint density at radius 2 is 2.15 bits per heavy atom. The molecule has 112 valence electrons. The van der Waals surface area contributed by atoms with Gasteiger partial charge >= 0.3 is 0 Å². The Balaban J connectivity index is 1.49. The third-order valence-corrected chi connectivity index (χ3v) is 5.10. The van der Waals surface area contributed by atoms with E-state index in [2.05, 4.69) is 10.00 Å². The molecule has 1 aliphatic carbocycles. The summed E-state index contributed by atoms with van der Waals surface area (Å²) in [5.41, 5.74) is 0.0399. The van der Waals surface area contributed by atoms with Crippen LogP contribution in [-0.4, -0.2) is 58.2 Å². The van der Waals surface area contributed by atoms with Gasteiger partial charge in [0.25, 0.3) is 0 Å². The Hall–Kier alpha value is -0.910. The van der Waals surface area contributed by atoms with E-state index in [1.165, 1.54) is 0 Å². The highest BCUT2D eigenvalue weighted by Crippen LogP contribution is 2.50. The van der Waals surface area contributed by atoms with Gasteiger partial charge in [-0.25, -0.2) is 0 Å². The van der Waals surface area contributed by atoms with E-state index < -0.39 is 0 Å². The van der Waals surface area contributed by atoms with Crippen molar-refractivity contribution in [1.29, 1.82) is 0 Å². The summed E-state index contributed by atoms with van der Waals surface area (Å²) < 4.78 is 7.78. The molecule has 20 heavy (non-hydrogen) atoms. The van der Waals surface area contributed by atoms with Gasteiger partial charge in [0.15, 0.2) is 0 Å². The van der Waals surface area contributed by atoms with Gasteiger partial charge in [0, 0.05) is 37.4 Å². The van der Waals surface area contributed by atoms with Crippen LogP contribution in [0.2, 0.25) is 0 Å². The molecular formula is C15H25N3O2. The van der Waals surface area contributed by atoms with E-state index in [4.69, 9.17) is 4.74 Å². The van der Waals surface area contributed by atoms with Gasteiger partial charge in [-0.2, -0.15) is 5.10 Å². The summed E-state index contributed by atoms with van der Waals surface area (Å²) >= 11 is 0. The van der Waals surface area contributed by atoms with Crippen LogP contribution < -0.4 is 0 Å². The first-order chi connectivity index (χ1) is 9.74. The molecule has 0 amide bonds. The SMILES string of the molecule is CCOC1CC(O)C12CCN(CCn1cccn1)CC2. The topological polar surface area (TPSA) is 50.5 Å². The number of piperidine rings is 1. The van der Waals surface area contributed by atoms with Crippen molar-refractivity contribution in [1.82, 2.24) is 14.7 Å². The van der Waals surface area contributed by atoms with Gasteiger partial charge in [-0.3, -0.25) is 4.68 Å². The predicted octanol–water partition coefficient (Wildman–Crippen LogP) is 1.13. The van der Waals surface area contributed by atoms with Gasteiger partial charge in [-0.15, -0.1) is 0 Å². The average molecular weight is 279 g/mol. The minimum atomic E-state index is -0.160. The third kappa shape index (κ3) is 2.50. The monoisotopic (exact) mass is 279 g/mol. The van der Waals surface area contributed by atoms with Gasteiger partial charge in [-0.05, 0) is 38.9 Å². The van der Waals surface area contributed by atoms with E-state index in [0.717, 1.165) is 52.0 Å². The summed E-state index contributed by atoms with van der Waals surface area (Å²) in [5, 5.41) is 14.4. The summed E-state index contributed by atoms with van der Waals surface area (Å²) in [6.07, 6.45) is 6.87. The number of rotatable bonds is 5. The molecule has 1 aromatic heterocycles. The highest BCUT2D eigenvalue weighted by atomic mass is 16.5. The van der Waals surface area contributed by atoms with Crippen LogP contribution in [0.3, 0.4) is 0 Å². The fraction of sp³-hybridized carbons (Fsp3) is 0.800. The first-order valence-electron chi connectivity index (χ1n) is 7.74. The van der Waals surface area contributed by atoms with E-state index in [1.54, 1.807) is 0 Å². The van der Waals surface area contributed by atoms with Crippen LogP contribution in [0.1, 0.15) is 26.2 Å². The minimum absolute atomic E-state index is 0.0399. The zero-order chi connectivity index (χ0) is 14.0. The molecule has 2 unspecified atom stereocenters. The number of aromatic nitrogens is 2. The molecule has 1 aromatic rings. The van der Waals surface area contributed by atoms with Crippen molar-refractivity contribution in [2.45, 2.75) is 44.9 Å². The molecule has 1 spiro atoms. The van der Waals surface area contributed by atoms with E-state index in [1.807, 2.05) is 30.1 Å². The molecule has 0 bridgehead atoms. The van der Waals surface area contributed by atoms with Gasteiger partial charge in [0.1, 0.15) is 0 Å². The smallest absolute Gasteiger partial charge is 0.0681 e. The Morgan fingerprint density at radius 1 is 1.35 bits per heavy atom. The first-order valence-corrected chi connectivity index (χ1v) is 7.74. The maximum Gasteiger partial charge on any atom is 0.0681 e. The molecule has 2 aliphatic rings. The zero-order valence-electron chi connectivity index (χ0n) is 12.2. The van der Waals surface area contributed by atoms with Gasteiger partial charge < -0.3 is 14.7 Å². The van der Waals surface area contributed by atoms with Crippen molar-refractivity contribution < 1.29 is 9.84 Å². The molecule has 2 atom stereocenters. The number of ether oxygens (including phenoxy) is 1. The fourth-order valence-electron chi connectivity index (χ4n) is 3.69. The largest absolute Gasteiger partial charge is 0.392 e. The van der Waals surface area contributed by atoms with Crippen molar-refractivity contribution in [2.75, 3.05) is 26.2 Å². The van der Waals surface area contributed by atoms with Crippen LogP contribution in [0.15, 0.2) is 18.5 Å². The molecule has 2 heterocycles. The number of nitrogens with zero attached hydrogens (tertiary/aromatic N) is 3. The van der Waals surface area contributed by atoms with Crippen LogP contribution in [0.4, 0.5) is 0 Å². The van der Waals surface area contributed by atoms with Crippen molar-refractivity contribution in [3.8, 4) is 0 Å². The average Bonchev–Trinajstić information content (AvgIpc) is 2.99. The first kappa shape index (κ1) is 14.0. The van der Waals surface area contributed by atoms with Gasteiger partial charge in [0.05, 0.1) is 18.8 Å². The Labute approximate surface area is 120 Å². The Kier molecular flexibility index (Phi) is 4.10. The van der Waals surface area contributed by atoms with Crippen LogP contribution in [0, 0.1) is 5.41 Å². The Bertz CT molecular complexity index is 411. The lowest BCUT2D eigenvalue weighted by Gasteiger charge is -2.56. The molecule has 5 nitrogen and oxygen atoms in total. The summed E-state index contributed by atoms with van der Waals surface area (Å²) in [4.78, 5) is 2.47. The molecule has 1 aliphatic heterocycles. The van der Waals surface area contributed by atoms with Gasteiger partial charge in [-0.1, -0.05) is 0 Å². The minimum Gasteiger partial charge on any atom is -0.392 e. The van der Waals surface area contributed by atoms with Crippen LogP contribution in [0.25, 0.3) is 0 Å². The summed E-state index contributed by atoms with van der Waals surface area (Å²) in [5.74, 6) is 0. The van der Waals surface area contributed by atoms with Crippen molar-refractivity contribution in [3.05, 3.63) is 18.5 Å². The second kappa shape index (κ2) is 5.84. The number of hydrogen-bond donors (Lipinski definition) is 1. The summed E-state index contributed by atoms with van der Waals surface area (Å²) in [7, 11) is 0. The van der Waals surface area contributed by atoms with E-state index in [-0.39, 0.29) is 17.6 Å². The maximum absolute atomic E-state index is 10.2. The standard InChI is InChI=1S/C15H25N3O2/c1-2-20-14-12-13(19)15(14)4-8-17(9-5-15)10-11-18-7-3-6-16-18/h3,6-7,13-14,19H,2,4-5,8-12H2,1H3. The molecule has 0 radical (unpaired) electrons. The number of aliphatic hydroxyl groups excluding tert-OH is 1. The summed E-state index contributed by atoms with van der Waals surface area (Å²) in [6.45, 7) is 6.88. The van der Waals surface area contributed by atoms with Crippen molar-refractivity contribution in [2.24, 2.45) is 5.41 Å². The molecule has 2 fully saturated rings. The second-order valence-corrected chi connectivity index (χ2v) is 6.04. The van der Waals surface area contributed by atoms with Crippen LogP contribution >= 0.6 is 0 Å². The molecule has 1 saturated carbocycles. The van der Waals surface area contributed by atoms with E-state index in [9.17, 15) is 5.11 Å². The van der Waals surface area contributed by atoms with E-state index >= 15 is 0 Å². The lowest BCUT2D eigenvalue weighted by atomic mass is 9.58. The van der Waals surface area contributed by atoms with Crippen molar-refractivity contribution >= 4 is 0 Å². The van der Waals surface area contributed by atoms with Crippen LogP contribution in [0.5, 0.6) is 0 Å². The highest BCUT2D eigenvalue weighted by molar-refractivity contribution is 5.06. The molecular weight excluding hydrogens is 254 g/mol. The molecule has 0 aromatic carbocycles. The molecule has 5 heteroatoms. The van der Waals surface area contributed by atoms with Crippen molar-refractivity contribution in [3.63, 3.8) is 0 Å². The quantitative estimate of drug-likeness (QED) is 0.878. The number of hydrogen-bond acceptors (Lipinski definition) is 4. The molecule has 3 rings (SSSR count). The Morgan fingerprint density at radius 3 is 2.75 bits per heavy atom. The maximum atomic E-state index is 10.2. The fourth-order valence-corrected chi connectivity index (χ4v) is 3.69. The van der Waals surface area contributed by atoms with Crippen LogP contribution in [-0.2, 0) is 11.3 Å². The second-order valence-electron chi connectivity index (χ2n) is 6.04. The number of likely N-dealkylation sites (tertiary alicyclic amines) is 1. The zero-order valence-corrected chi connectivity index (χ0v) is 12.2. The lowest BCUT2D eigenvalue weighted by molar-refractivity contribution is -0.209.